The number of aryl methyl sites for hydroxylation is 1. The van der Waals surface area contributed by atoms with E-state index < -0.39 is 11.7 Å². The maximum absolute atomic E-state index is 13.5. The molecular weight excluding hydrogens is 619 g/mol. The Kier molecular flexibility index (Phi) is 7.33. The molecule has 1 aromatic heterocycles. The second-order valence-electron chi connectivity index (χ2n) is 12.0. The number of benzene rings is 6. The number of alkyl halides is 3. The molecular formula is C42H30F3N3O. The van der Waals surface area contributed by atoms with Crippen LogP contribution >= 0.6 is 0 Å². The minimum Gasteiger partial charge on any atom is -0.497 e. The molecule has 0 fully saturated rings. The number of halogens is 3. The van der Waals surface area contributed by atoms with Crippen molar-refractivity contribution in [2.45, 2.75) is 13.1 Å². The van der Waals surface area contributed by atoms with Gasteiger partial charge in [-0.15, -0.1) is 0 Å². The molecule has 0 atom stereocenters. The molecule has 49 heavy (non-hydrogen) atoms. The number of hydrogen-bond donors (Lipinski definition) is 0. The standard InChI is InChI=1S/C42H30F3N3O/c1-27-16-25-39(48-37-14-8-6-12-35(37)47(31-10-4-3-5-11-31)36-13-7-9-15-38(36)48)41-40(27)33(28-19-23-32(49-2)24-20-28)26-34(46-41)29-17-21-30(22-18-29)42(43,44)45/h3-26H,1-2H3. The molecule has 0 N–H and O–H groups in total. The number of ether oxygens (including phenoxy) is 1. The summed E-state index contributed by atoms with van der Waals surface area (Å²) in [5.74, 6) is 0.729. The van der Waals surface area contributed by atoms with Crippen molar-refractivity contribution in [3.63, 3.8) is 0 Å². The number of nitrogens with zero attached hydrogens (tertiary/aromatic N) is 3. The van der Waals surface area contributed by atoms with Gasteiger partial charge in [0.2, 0.25) is 0 Å². The average molecular weight is 650 g/mol. The third-order valence-electron chi connectivity index (χ3n) is 9.04. The number of hydrogen-bond acceptors (Lipinski definition) is 4. The summed E-state index contributed by atoms with van der Waals surface area (Å²) in [6.45, 7) is 2.06. The van der Waals surface area contributed by atoms with E-state index in [-0.39, 0.29) is 0 Å². The lowest BCUT2D eigenvalue weighted by atomic mass is 9.94. The van der Waals surface area contributed by atoms with Crippen LogP contribution in [0, 0.1) is 6.92 Å². The van der Waals surface area contributed by atoms with Crippen LogP contribution < -0.4 is 14.5 Å². The fourth-order valence-electron chi connectivity index (χ4n) is 6.71. The molecule has 0 spiro atoms. The summed E-state index contributed by atoms with van der Waals surface area (Å²) in [7, 11) is 1.63. The summed E-state index contributed by atoms with van der Waals surface area (Å²) in [6.07, 6.45) is -4.43. The van der Waals surface area contributed by atoms with E-state index in [4.69, 9.17) is 9.72 Å². The number of rotatable bonds is 5. The zero-order valence-electron chi connectivity index (χ0n) is 26.7. The summed E-state index contributed by atoms with van der Waals surface area (Å²) in [6, 6.07) is 46.1. The average Bonchev–Trinajstić information content (AvgIpc) is 3.14. The molecule has 4 nitrogen and oxygen atoms in total. The lowest BCUT2D eigenvalue weighted by Crippen LogP contribution is -2.24. The number of pyridine rings is 1. The molecule has 7 heteroatoms. The second kappa shape index (κ2) is 11.9. The van der Waals surface area contributed by atoms with Crippen LogP contribution in [0.4, 0.5) is 47.3 Å². The fourth-order valence-corrected chi connectivity index (χ4v) is 6.71. The molecule has 6 aromatic carbocycles. The molecule has 0 aliphatic carbocycles. The van der Waals surface area contributed by atoms with Gasteiger partial charge in [-0.2, -0.15) is 13.2 Å². The Balaban J connectivity index is 1.41. The van der Waals surface area contributed by atoms with Crippen molar-refractivity contribution in [2.75, 3.05) is 16.9 Å². The highest BCUT2D eigenvalue weighted by Crippen LogP contribution is 2.55. The van der Waals surface area contributed by atoms with Crippen LogP contribution in [-0.4, -0.2) is 12.1 Å². The first-order valence-electron chi connectivity index (χ1n) is 15.9. The maximum atomic E-state index is 13.5. The van der Waals surface area contributed by atoms with E-state index in [1.165, 1.54) is 12.1 Å². The monoisotopic (exact) mass is 649 g/mol. The van der Waals surface area contributed by atoms with Crippen LogP contribution in [0.1, 0.15) is 11.1 Å². The Morgan fingerprint density at radius 3 is 1.69 bits per heavy atom. The molecule has 1 aliphatic heterocycles. The first-order valence-corrected chi connectivity index (χ1v) is 15.9. The van der Waals surface area contributed by atoms with Crippen LogP contribution in [0.25, 0.3) is 33.3 Å². The zero-order valence-corrected chi connectivity index (χ0v) is 26.7. The largest absolute Gasteiger partial charge is 0.497 e. The summed E-state index contributed by atoms with van der Waals surface area (Å²) in [5.41, 5.74) is 9.96. The molecule has 0 saturated heterocycles. The first kappa shape index (κ1) is 30.3. The van der Waals surface area contributed by atoms with Crippen molar-refractivity contribution in [1.29, 1.82) is 0 Å². The van der Waals surface area contributed by atoms with Gasteiger partial charge in [0.25, 0.3) is 0 Å². The van der Waals surface area contributed by atoms with E-state index in [1.807, 2.05) is 72.8 Å². The molecule has 0 bridgehead atoms. The van der Waals surface area contributed by atoms with Gasteiger partial charge in [0.1, 0.15) is 5.75 Å². The van der Waals surface area contributed by atoms with Gasteiger partial charge in [-0.1, -0.05) is 72.8 Å². The van der Waals surface area contributed by atoms with Gasteiger partial charge in [0.05, 0.1) is 52.3 Å². The zero-order chi connectivity index (χ0) is 33.7. The number of methoxy groups -OCH3 is 1. The Labute approximate surface area is 282 Å². The highest BCUT2D eigenvalue weighted by Gasteiger charge is 2.32. The van der Waals surface area contributed by atoms with Gasteiger partial charge in [0, 0.05) is 16.6 Å². The highest BCUT2D eigenvalue weighted by molar-refractivity contribution is 6.10. The molecule has 7 aromatic rings. The van der Waals surface area contributed by atoms with Crippen LogP contribution in [-0.2, 0) is 6.18 Å². The van der Waals surface area contributed by atoms with Gasteiger partial charge in [-0.3, -0.25) is 0 Å². The first-order chi connectivity index (χ1) is 23.8. The van der Waals surface area contributed by atoms with Gasteiger partial charge in [-0.05, 0) is 96.4 Å². The van der Waals surface area contributed by atoms with Crippen molar-refractivity contribution >= 4 is 45.0 Å². The molecule has 0 radical (unpaired) electrons. The number of anilines is 6. The number of aromatic nitrogens is 1. The predicted molar refractivity (Wildman–Crippen MR) is 192 cm³/mol. The quantitative estimate of drug-likeness (QED) is 0.186. The van der Waals surface area contributed by atoms with E-state index in [9.17, 15) is 13.2 Å². The number of para-hydroxylation sites is 5. The van der Waals surface area contributed by atoms with E-state index in [2.05, 4.69) is 65.3 Å². The molecule has 8 rings (SSSR count). The molecule has 240 valence electrons. The van der Waals surface area contributed by atoms with Crippen molar-refractivity contribution in [3.05, 3.63) is 157 Å². The van der Waals surface area contributed by atoms with E-state index >= 15 is 0 Å². The van der Waals surface area contributed by atoms with E-state index in [0.29, 0.717) is 11.3 Å². The third kappa shape index (κ3) is 5.24. The lowest BCUT2D eigenvalue weighted by molar-refractivity contribution is -0.137. The Hall–Kier alpha value is -6.08. The smallest absolute Gasteiger partial charge is 0.416 e. The summed E-state index contributed by atoms with van der Waals surface area (Å²) < 4.78 is 46.0. The van der Waals surface area contributed by atoms with E-state index in [0.717, 1.165) is 79.6 Å². The summed E-state index contributed by atoms with van der Waals surface area (Å²) in [4.78, 5) is 9.76. The van der Waals surface area contributed by atoms with Crippen LogP contribution in [0.5, 0.6) is 5.75 Å². The minimum absolute atomic E-state index is 0.573. The normalized spacial score (nSPS) is 12.5. The van der Waals surface area contributed by atoms with Gasteiger partial charge < -0.3 is 14.5 Å². The molecule has 2 heterocycles. The molecule has 0 saturated carbocycles. The number of fused-ring (bicyclic) bond motifs is 3. The topological polar surface area (TPSA) is 28.6 Å². The SMILES string of the molecule is COc1ccc(-c2cc(-c3ccc(C(F)(F)F)cc3)nc3c(N4c5ccccc5N(c5ccccc5)c5ccccc54)ccc(C)c23)cc1. The van der Waals surface area contributed by atoms with Gasteiger partial charge in [-0.25, -0.2) is 4.98 Å². The van der Waals surface area contributed by atoms with Crippen LogP contribution in [0.3, 0.4) is 0 Å². The summed E-state index contributed by atoms with van der Waals surface area (Å²) >= 11 is 0. The minimum atomic E-state index is -4.43. The fraction of sp³-hybridized carbons (Fsp3) is 0.0714. The van der Waals surface area contributed by atoms with Crippen molar-refractivity contribution in [2.24, 2.45) is 0 Å². The van der Waals surface area contributed by atoms with Crippen molar-refractivity contribution in [3.8, 4) is 28.1 Å². The Morgan fingerprint density at radius 2 is 1.12 bits per heavy atom. The lowest BCUT2D eigenvalue weighted by Gasteiger charge is -2.40. The Bertz CT molecular complexity index is 2270. The molecule has 0 unspecified atom stereocenters. The highest BCUT2D eigenvalue weighted by atomic mass is 19.4. The molecule has 1 aliphatic rings. The van der Waals surface area contributed by atoms with Gasteiger partial charge in [0.15, 0.2) is 0 Å². The maximum Gasteiger partial charge on any atom is 0.416 e. The predicted octanol–water partition coefficient (Wildman–Crippen LogP) is 12.2. The van der Waals surface area contributed by atoms with E-state index in [1.54, 1.807) is 7.11 Å². The third-order valence-corrected chi connectivity index (χ3v) is 9.04. The van der Waals surface area contributed by atoms with Crippen LogP contribution in [0.15, 0.2) is 146 Å². The Morgan fingerprint density at radius 1 is 0.571 bits per heavy atom. The second-order valence-corrected chi connectivity index (χ2v) is 12.0. The molecule has 0 amide bonds. The van der Waals surface area contributed by atoms with Gasteiger partial charge >= 0.3 is 6.18 Å². The summed E-state index contributed by atoms with van der Waals surface area (Å²) in [5, 5.41) is 0.957. The van der Waals surface area contributed by atoms with Crippen molar-refractivity contribution < 1.29 is 17.9 Å². The van der Waals surface area contributed by atoms with Crippen LogP contribution in [0.2, 0.25) is 0 Å². The van der Waals surface area contributed by atoms with Crippen molar-refractivity contribution in [1.82, 2.24) is 4.98 Å².